The first-order chi connectivity index (χ1) is 10.5. The summed E-state index contributed by atoms with van der Waals surface area (Å²) in [5.41, 5.74) is 1.40. The highest BCUT2D eigenvalue weighted by atomic mass is 16.1. The van der Waals surface area contributed by atoms with Gasteiger partial charge in [0.1, 0.15) is 12.1 Å². The third-order valence-electron chi connectivity index (χ3n) is 3.42. The number of carbonyl (C=O) groups is 1. The monoisotopic (exact) mass is 303 g/mol. The Balaban J connectivity index is 2.10. The zero-order valence-corrected chi connectivity index (χ0v) is 13.6. The largest absolute Gasteiger partial charge is 0.370 e. The lowest BCUT2D eigenvalue weighted by atomic mass is 10.2. The van der Waals surface area contributed by atoms with Crippen LogP contribution in [0.15, 0.2) is 18.6 Å². The number of carbonyl (C=O) groups excluding carboxylic acids is 1. The third kappa shape index (κ3) is 3.88. The lowest BCUT2D eigenvalue weighted by molar-refractivity contribution is -0.858. The topological polar surface area (TPSA) is 77.1 Å². The van der Waals surface area contributed by atoms with Crippen molar-refractivity contribution in [1.82, 2.24) is 19.7 Å². The Kier molecular flexibility index (Phi) is 5.21. The molecule has 118 valence electrons. The van der Waals surface area contributed by atoms with Crippen LogP contribution in [0.1, 0.15) is 29.4 Å². The molecular weight excluding hydrogens is 280 g/mol. The van der Waals surface area contributed by atoms with Gasteiger partial charge in [-0.1, -0.05) is 0 Å². The van der Waals surface area contributed by atoms with Gasteiger partial charge >= 0.3 is 0 Å². The van der Waals surface area contributed by atoms with Crippen molar-refractivity contribution in [3.63, 3.8) is 0 Å². The molecule has 0 atom stereocenters. The molecule has 2 N–H and O–H groups in total. The number of nitrogens with one attached hydrogen (secondary N) is 2. The van der Waals surface area contributed by atoms with Gasteiger partial charge in [0.15, 0.2) is 11.6 Å². The Bertz CT molecular complexity index is 649. The molecule has 7 nitrogen and oxygen atoms in total. The predicted molar refractivity (Wildman–Crippen MR) is 84.7 cm³/mol. The van der Waals surface area contributed by atoms with Crippen molar-refractivity contribution in [2.24, 2.45) is 0 Å². The lowest BCUT2D eigenvalue weighted by Crippen LogP contribution is -3.05. The molecule has 2 aromatic rings. The van der Waals surface area contributed by atoms with Crippen molar-refractivity contribution in [3.05, 3.63) is 29.8 Å². The first-order valence-electron chi connectivity index (χ1n) is 7.40. The summed E-state index contributed by atoms with van der Waals surface area (Å²) in [6.45, 7) is 5.36. The van der Waals surface area contributed by atoms with Crippen LogP contribution < -0.4 is 10.2 Å². The van der Waals surface area contributed by atoms with Crippen molar-refractivity contribution in [2.75, 3.05) is 32.5 Å². The fraction of sp³-hybridized carbons (Fsp3) is 0.467. The van der Waals surface area contributed by atoms with Crippen LogP contribution in [0.2, 0.25) is 0 Å². The average Bonchev–Trinajstić information content (AvgIpc) is 2.86. The molecule has 0 spiro atoms. The number of rotatable bonds is 7. The molecule has 0 bridgehead atoms. The second-order valence-electron chi connectivity index (χ2n) is 5.61. The Morgan fingerprint density at radius 1 is 1.36 bits per heavy atom. The molecule has 0 fully saturated rings. The summed E-state index contributed by atoms with van der Waals surface area (Å²) in [4.78, 5) is 21.4. The fourth-order valence-corrected chi connectivity index (χ4v) is 2.20. The van der Waals surface area contributed by atoms with E-state index in [2.05, 4.69) is 34.5 Å². The van der Waals surface area contributed by atoms with E-state index >= 15 is 0 Å². The summed E-state index contributed by atoms with van der Waals surface area (Å²) < 4.78 is 1.66. The van der Waals surface area contributed by atoms with Gasteiger partial charge in [0, 0.05) is 19.0 Å². The second-order valence-corrected chi connectivity index (χ2v) is 5.61. The molecule has 0 saturated heterocycles. The molecule has 2 aromatic heterocycles. The number of hydrogen-bond acceptors (Lipinski definition) is 5. The van der Waals surface area contributed by atoms with E-state index in [0.717, 1.165) is 31.0 Å². The lowest BCUT2D eigenvalue weighted by Gasteiger charge is -2.09. The van der Waals surface area contributed by atoms with Crippen LogP contribution in [0.25, 0.3) is 5.82 Å². The molecule has 2 heterocycles. The summed E-state index contributed by atoms with van der Waals surface area (Å²) in [7, 11) is 4.27. The van der Waals surface area contributed by atoms with Crippen molar-refractivity contribution >= 4 is 11.6 Å². The molecule has 0 aliphatic rings. The van der Waals surface area contributed by atoms with Gasteiger partial charge in [0.25, 0.3) is 0 Å². The highest BCUT2D eigenvalue weighted by molar-refractivity contribution is 5.94. The minimum Gasteiger partial charge on any atom is -0.370 e. The average molecular weight is 303 g/mol. The molecule has 7 heteroatoms. The first kappa shape index (κ1) is 16.1. The smallest absolute Gasteiger partial charge is 0.163 e. The van der Waals surface area contributed by atoms with E-state index in [1.807, 2.05) is 13.0 Å². The van der Waals surface area contributed by atoms with Crippen LogP contribution in [-0.4, -0.2) is 52.7 Å². The van der Waals surface area contributed by atoms with Crippen LogP contribution in [0.3, 0.4) is 0 Å². The normalized spacial score (nSPS) is 11.0. The van der Waals surface area contributed by atoms with Crippen LogP contribution in [-0.2, 0) is 0 Å². The number of nitrogens with zero attached hydrogens (tertiary/aromatic N) is 4. The van der Waals surface area contributed by atoms with E-state index < -0.39 is 0 Å². The van der Waals surface area contributed by atoms with Gasteiger partial charge in [0.2, 0.25) is 0 Å². The second kappa shape index (κ2) is 7.13. The molecule has 0 radical (unpaired) electrons. The molecular formula is C15H23N6O+. The minimum atomic E-state index is 0.00217. The van der Waals surface area contributed by atoms with Crippen LogP contribution >= 0.6 is 0 Å². The van der Waals surface area contributed by atoms with Crippen molar-refractivity contribution in [2.45, 2.75) is 20.3 Å². The summed E-state index contributed by atoms with van der Waals surface area (Å²) in [6.07, 6.45) is 4.15. The van der Waals surface area contributed by atoms with Gasteiger partial charge < -0.3 is 10.2 Å². The van der Waals surface area contributed by atoms with Gasteiger partial charge in [-0.3, -0.25) is 4.79 Å². The van der Waals surface area contributed by atoms with E-state index in [-0.39, 0.29) is 5.78 Å². The highest BCUT2D eigenvalue weighted by Crippen LogP contribution is 2.14. The predicted octanol–water partition coefficient (Wildman–Crippen LogP) is 0.120. The van der Waals surface area contributed by atoms with E-state index in [9.17, 15) is 4.79 Å². The zero-order chi connectivity index (χ0) is 16.1. The van der Waals surface area contributed by atoms with Gasteiger partial charge in [-0.2, -0.15) is 5.10 Å². The maximum atomic E-state index is 11.5. The Morgan fingerprint density at radius 2 is 2.14 bits per heavy atom. The van der Waals surface area contributed by atoms with Gasteiger partial charge in [0.05, 0.1) is 38.1 Å². The number of anilines is 1. The maximum absolute atomic E-state index is 11.5. The number of hydrogen-bond donors (Lipinski definition) is 2. The van der Waals surface area contributed by atoms with Crippen LogP contribution in [0.4, 0.5) is 5.82 Å². The van der Waals surface area contributed by atoms with Crippen LogP contribution in [0.5, 0.6) is 0 Å². The molecule has 0 amide bonds. The first-order valence-corrected chi connectivity index (χ1v) is 7.40. The summed E-state index contributed by atoms with van der Waals surface area (Å²) in [5.74, 6) is 1.42. The van der Waals surface area contributed by atoms with Crippen molar-refractivity contribution in [1.29, 1.82) is 0 Å². The molecule has 22 heavy (non-hydrogen) atoms. The molecule has 0 aromatic carbocycles. The number of quaternary nitrogens is 1. The van der Waals surface area contributed by atoms with Crippen molar-refractivity contribution in [3.8, 4) is 5.82 Å². The molecule has 0 aliphatic heterocycles. The fourth-order valence-electron chi connectivity index (χ4n) is 2.20. The Labute approximate surface area is 130 Å². The quantitative estimate of drug-likeness (QED) is 0.561. The van der Waals surface area contributed by atoms with E-state index in [0.29, 0.717) is 11.4 Å². The minimum absolute atomic E-state index is 0.00217. The standard InChI is InChI=1S/C15H22N6O/c1-11-13(12(2)22)9-19-21(11)15-8-14(17-10-18-15)16-6-5-7-20(3)4/h8-10H,5-7H2,1-4H3,(H,16,17,18)/p+1. The highest BCUT2D eigenvalue weighted by Gasteiger charge is 2.12. The van der Waals surface area contributed by atoms with Crippen LogP contribution in [0, 0.1) is 6.92 Å². The molecule has 0 saturated carbocycles. The molecule has 2 rings (SSSR count). The SMILES string of the molecule is CC(=O)c1cnn(-c2cc(NCCC[NH+](C)C)ncn2)c1C. The van der Waals surface area contributed by atoms with E-state index in [1.165, 1.54) is 18.2 Å². The van der Waals surface area contributed by atoms with Crippen molar-refractivity contribution < 1.29 is 9.69 Å². The Hall–Kier alpha value is -2.28. The summed E-state index contributed by atoms with van der Waals surface area (Å²) >= 11 is 0. The number of ketones is 1. The number of Topliss-reactive ketones (excluding diaryl/α,β-unsaturated/α-hetero) is 1. The zero-order valence-electron chi connectivity index (χ0n) is 13.6. The summed E-state index contributed by atoms with van der Waals surface area (Å²) in [5, 5.41) is 7.53. The van der Waals surface area contributed by atoms with E-state index in [1.54, 1.807) is 10.9 Å². The van der Waals surface area contributed by atoms with Gasteiger partial charge in [-0.15, -0.1) is 0 Å². The molecule has 0 unspecified atom stereocenters. The van der Waals surface area contributed by atoms with Gasteiger partial charge in [-0.05, 0) is 13.8 Å². The van der Waals surface area contributed by atoms with Gasteiger partial charge in [-0.25, -0.2) is 14.6 Å². The third-order valence-corrected chi connectivity index (χ3v) is 3.42. The maximum Gasteiger partial charge on any atom is 0.163 e. The number of aromatic nitrogens is 4. The Morgan fingerprint density at radius 3 is 2.77 bits per heavy atom. The summed E-state index contributed by atoms with van der Waals surface area (Å²) in [6, 6.07) is 1.84. The molecule has 0 aliphatic carbocycles. The van der Waals surface area contributed by atoms with E-state index in [4.69, 9.17) is 0 Å².